The Balaban J connectivity index is 2.81. The van der Waals surface area contributed by atoms with Crippen molar-refractivity contribution in [3.63, 3.8) is 0 Å². The van der Waals surface area contributed by atoms with Gasteiger partial charge in [-0.25, -0.2) is 0 Å². The number of halogens is 1. The first-order valence-corrected chi connectivity index (χ1v) is 7.50. The van der Waals surface area contributed by atoms with E-state index in [9.17, 15) is 0 Å². The summed E-state index contributed by atoms with van der Waals surface area (Å²) >= 11 is 3.65. The van der Waals surface area contributed by atoms with Crippen LogP contribution in [0.15, 0.2) is 4.47 Å². The lowest BCUT2D eigenvalue weighted by atomic mass is 10.1. The quantitative estimate of drug-likeness (QED) is 0.799. The van der Waals surface area contributed by atoms with Crippen molar-refractivity contribution in [3.05, 3.63) is 15.9 Å². The Morgan fingerprint density at radius 3 is 2.00 bits per heavy atom. The van der Waals surface area contributed by atoms with Crippen molar-refractivity contribution >= 4 is 15.9 Å². The average molecular weight is 316 g/mol. The first kappa shape index (κ1) is 15.7. The average Bonchev–Trinajstić information content (AvgIpc) is 2.43. The highest BCUT2D eigenvalue weighted by Crippen LogP contribution is 2.22. The molecule has 0 fully saturated rings. The monoisotopic (exact) mass is 315 g/mol. The Kier molecular flexibility index (Phi) is 5.86. The summed E-state index contributed by atoms with van der Waals surface area (Å²) in [6, 6.07) is 0. The van der Waals surface area contributed by atoms with Crippen LogP contribution in [0, 0.1) is 18.8 Å². The molecule has 1 rings (SSSR count). The van der Waals surface area contributed by atoms with Gasteiger partial charge in [-0.2, -0.15) is 5.10 Å². The Bertz CT molecular complexity index is 373. The van der Waals surface area contributed by atoms with E-state index in [1.165, 1.54) is 5.69 Å². The van der Waals surface area contributed by atoms with Gasteiger partial charge in [-0.3, -0.25) is 9.58 Å². The van der Waals surface area contributed by atoms with Crippen LogP contribution in [0.4, 0.5) is 0 Å². The van der Waals surface area contributed by atoms with Crippen LogP contribution in [0.25, 0.3) is 0 Å². The molecule has 0 radical (unpaired) electrons. The van der Waals surface area contributed by atoms with E-state index < -0.39 is 0 Å². The largest absolute Gasteiger partial charge is 0.297 e. The van der Waals surface area contributed by atoms with Gasteiger partial charge in [0.05, 0.1) is 15.9 Å². The zero-order chi connectivity index (χ0) is 13.9. The second-order valence-corrected chi connectivity index (χ2v) is 6.74. The van der Waals surface area contributed by atoms with Crippen molar-refractivity contribution in [2.45, 2.75) is 41.2 Å². The molecular formula is C14H26BrN3. The molecule has 1 heterocycles. The maximum Gasteiger partial charge on any atom is 0.0739 e. The second-order valence-electron chi connectivity index (χ2n) is 5.95. The van der Waals surface area contributed by atoms with Crippen LogP contribution in [0.3, 0.4) is 0 Å². The summed E-state index contributed by atoms with van der Waals surface area (Å²) in [7, 11) is 2.02. The Morgan fingerprint density at radius 2 is 1.67 bits per heavy atom. The lowest BCUT2D eigenvalue weighted by Crippen LogP contribution is -2.31. The van der Waals surface area contributed by atoms with Crippen LogP contribution >= 0.6 is 15.9 Å². The van der Waals surface area contributed by atoms with Crippen LogP contribution in [0.1, 0.15) is 39.1 Å². The molecule has 4 heteroatoms. The summed E-state index contributed by atoms with van der Waals surface area (Å²) in [5.74, 6) is 1.38. The third-order valence-corrected chi connectivity index (χ3v) is 3.91. The molecule has 0 saturated heterocycles. The number of hydrogen-bond donors (Lipinski definition) is 0. The van der Waals surface area contributed by atoms with E-state index in [4.69, 9.17) is 0 Å². The molecule has 0 spiro atoms. The van der Waals surface area contributed by atoms with E-state index in [0.29, 0.717) is 11.8 Å². The molecule has 0 aromatic carbocycles. The van der Waals surface area contributed by atoms with E-state index in [-0.39, 0.29) is 0 Å². The van der Waals surface area contributed by atoms with Crippen LogP contribution in [0.5, 0.6) is 0 Å². The second kappa shape index (κ2) is 6.71. The normalized spacial score (nSPS) is 12.1. The third-order valence-electron chi connectivity index (χ3n) is 2.88. The van der Waals surface area contributed by atoms with Gasteiger partial charge in [0.25, 0.3) is 0 Å². The lowest BCUT2D eigenvalue weighted by molar-refractivity contribution is 0.206. The van der Waals surface area contributed by atoms with Gasteiger partial charge < -0.3 is 0 Å². The van der Waals surface area contributed by atoms with Crippen molar-refractivity contribution in [2.75, 3.05) is 13.1 Å². The minimum Gasteiger partial charge on any atom is -0.297 e. The fraction of sp³-hybridized carbons (Fsp3) is 0.786. The predicted molar refractivity (Wildman–Crippen MR) is 80.6 cm³/mol. The summed E-state index contributed by atoms with van der Waals surface area (Å²) in [6.07, 6.45) is 0. The summed E-state index contributed by atoms with van der Waals surface area (Å²) in [6.45, 7) is 14.4. The van der Waals surface area contributed by atoms with Gasteiger partial charge in [0.1, 0.15) is 0 Å². The zero-order valence-electron chi connectivity index (χ0n) is 12.5. The lowest BCUT2D eigenvalue weighted by Gasteiger charge is -2.26. The van der Waals surface area contributed by atoms with Gasteiger partial charge in [0.15, 0.2) is 0 Å². The molecule has 104 valence electrons. The van der Waals surface area contributed by atoms with Gasteiger partial charge in [-0.05, 0) is 34.7 Å². The Labute approximate surface area is 120 Å². The highest BCUT2D eigenvalue weighted by atomic mass is 79.9. The van der Waals surface area contributed by atoms with Crippen LogP contribution in [0.2, 0.25) is 0 Å². The first-order chi connectivity index (χ1) is 8.31. The highest BCUT2D eigenvalue weighted by Gasteiger charge is 2.16. The molecule has 0 aliphatic heterocycles. The molecule has 0 amide bonds. The number of aryl methyl sites for hydroxylation is 2. The van der Waals surface area contributed by atoms with Crippen molar-refractivity contribution in [1.82, 2.24) is 14.7 Å². The third kappa shape index (κ3) is 4.39. The topological polar surface area (TPSA) is 21.1 Å². The van der Waals surface area contributed by atoms with Crippen LogP contribution in [-0.4, -0.2) is 27.8 Å². The molecule has 0 saturated carbocycles. The molecule has 0 N–H and O–H groups in total. The Morgan fingerprint density at radius 1 is 1.17 bits per heavy atom. The molecule has 0 aliphatic carbocycles. The number of hydrogen-bond acceptors (Lipinski definition) is 2. The van der Waals surface area contributed by atoms with Gasteiger partial charge in [-0.1, -0.05) is 27.7 Å². The van der Waals surface area contributed by atoms with E-state index in [0.717, 1.165) is 29.8 Å². The van der Waals surface area contributed by atoms with Crippen molar-refractivity contribution in [2.24, 2.45) is 18.9 Å². The number of rotatable bonds is 6. The molecule has 1 aromatic heterocycles. The summed E-state index contributed by atoms with van der Waals surface area (Å²) in [4.78, 5) is 2.52. The fourth-order valence-corrected chi connectivity index (χ4v) is 2.76. The number of nitrogens with zero attached hydrogens (tertiary/aromatic N) is 3. The van der Waals surface area contributed by atoms with E-state index in [1.807, 2.05) is 18.7 Å². The number of aromatic nitrogens is 2. The zero-order valence-corrected chi connectivity index (χ0v) is 14.1. The van der Waals surface area contributed by atoms with Crippen LogP contribution < -0.4 is 0 Å². The minimum atomic E-state index is 0.692. The fourth-order valence-electron chi connectivity index (χ4n) is 2.30. The standard InChI is InChI=1S/C14H26BrN3/c1-10(2)7-18(8-11(3)4)9-13-14(15)12(5)16-17(13)6/h10-11H,7-9H2,1-6H3. The van der Waals surface area contributed by atoms with Gasteiger partial charge >= 0.3 is 0 Å². The first-order valence-electron chi connectivity index (χ1n) is 6.71. The molecule has 0 bridgehead atoms. The van der Waals surface area contributed by atoms with Gasteiger partial charge in [0.2, 0.25) is 0 Å². The maximum absolute atomic E-state index is 4.47. The highest BCUT2D eigenvalue weighted by molar-refractivity contribution is 9.10. The molecule has 0 unspecified atom stereocenters. The van der Waals surface area contributed by atoms with Crippen molar-refractivity contribution in [1.29, 1.82) is 0 Å². The molecular weight excluding hydrogens is 290 g/mol. The smallest absolute Gasteiger partial charge is 0.0739 e. The van der Waals surface area contributed by atoms with E-state index in [1.54, 1.807) is 0 Å². The van der Waals surface area contributed by atoms with E-state index in [2.05, 4.69) is 53.6 Å². The minimum absolute atomic E-state index is 0.692. The van der Waals surface area contributed by atoms with E-state index >= 15 is 0 Å². The maximum atomic E-state index is 4.47. The Hall–Kier alpha value is -0.350. The molecule has 1 aromatic rings. The summed E-state index contributed by atoms with van der Waals surface area (Å²) in [5, 5.41) is 4.47. The van der Waals surface area contributed by atoms with Gasteiger partial charge in [-0.15, -0.1) is 0 Å². The molecule has 0 atom stereocenters. The summed E-state index contributed by atoms with van der Waals surface area (Å²) < 4.78 is 3.15. The molecule has 3 nitrogen and oxygen atoms in total. The molecule has 0 aliphatic rings. The van der Waals surface area contributed by atoms with Gasteiger partial charge in [0, 0.05) is 26.7 Å². The molecule has 18 heavy (non-hydrogen) atoms. The SMILES string of the molecule is Cc1nn(C)c(CN(CC(C)C)CC(C)C)c1Br. The summed E-state index contributed by atoms with van der Waals surface area (Å²) in [5.41, 5.74) is 2.34. The van der Waals surface area contributed by atoms with Crippen molar-refractivity contribution < 1.29 is 0 Å². The van der Waals surface area contributed by atoms with Crippen molar-refractivity contribution in [3.8, 4) is 0 Å². The predicted octanol–water partition coefficient (Wildman–Crippen LogP) is 3.61. The van der Waals surface area contributed by atoms with Crippen LogP contribution in [-0.2, 0) is 13.6 Å².